The number of hydrazine groups is 1. The maximum Gasteiger partial charge on any atom is 0.269 e. The molecule has 0 atom stereocenters. The van der Waals surface area contributed by atoms with Gasteiger partial charge in [-0.15, -0.1) is 4.83 Å². The van der Waals surface area contributed by atoms with Crippen LogP contribution in [0.5, 0.6) is 5.75 Å². The lowest BCUT2D eigenvalue weighted by Crippen LogP contribution is -2.42. The molecule has 1 aromatic heterocycles. The van der Waals surface area contributed by atoms with Crippen LogP contribution < -0.4 is 15.0 Å². The van der Waals surface area contributed by atoms with Gasteiger partial charge in [0.1, 0.15) is 23.1 Å². The fourth-order valence-corrected chi connectivity index (χ4v) is 4.37. The number of aromatic nitrogens is 2. The van der Waals surface area contributed by atoms with Gasteiger partial charge in [-0.1, -0.05) is 41.9 Å². The van der Waals surface area contributed by atoms with E-state index in [1.54, 1.807) is 22.6 Å². The van der Waals surface area contributed by atoms with E-state index < -0.39 is 38.0 Å². The Morgan fingerprint density at radius 2 is 1.86 bits per heavy atom. The van der Waals surface area contributed by atoms with Crippen molar-refractivity contribution in [2.24, 2.45) is 7.05 Å². The fraction of sp³-hybridized carbons (Fsp3) is 0.0833. The Kier molecular flexibility index (Phi) is 7.34. The Balaban J connectivity index is 1.51. The summed E-state index contributed by atoms with van der Waals surface area (Å²) in [6, 6.07) is 14.7. The molecule has 0 saturated carbocycles. The topological polar surface area (TPSA) is 102 Å². The van der Waals surface area contributed by atoms with E-state index in [0.29, 0.717) is 11.3 Å². The third-order valence-electron chi connectivity index (χ3n) is 5.01. The highest BCUT2D eigenvalue weighted by atomic mass is 35.5. The molecule has 1 heterocycles. The van der Waals surface area contributed by atoms with Crippen molar-refractivity contribution in [1.29, 1.82) is 0 Å². The lowest BCUT2D eigenvalue weighted by molar-refractivity contribution is 0.0941. The molecule has 0 fully saturated rings. The molecule has 0 aliphatic carbocycles. The summed E-state index contributed by atoms with van der Waals surface area (Å²) in [5, 5.41) is -0.361. The maximum absolute atomic E-state index is 14.6. The summed E-state index contributed by atoms with van der Waals surface area (Å²) in [7, 11) is -2.86. The standard InChI is InChI=1S/C24H19ClF2N4O4S/c1-31-12-21(28-14-31)16-9-18(23(27)19(25)10-16)24(32)29-30-36(33,34)22-11-17(7-8-20(22)26)35-13-15-5-3-2-4-6-15/h2-12,14,30H,13H2,1H3,(H,29,32). The highest BCUT2D eigenvalue weighted by Gasteiger charge is 2.23. The summed E-state index contributed by atoms with van der Waals surface area (Å²) >= 11 is 5.93. The van der Waals surface area contributed by atoms with Crippen molar-refractivity contribution >= 4 is 27.5 Å². The molecule has 8 nitrogen and oxygen atoms in total. The summed E-state index contributed by atoms with van der Waals surface area (Å²) in [5.74, 6) is -3.19. The van der Waals surface area contributed by atoms with Crippen LogP contribution in [-0.2, 0) is 23.7 Å². The van der Waals surface area contributed by atoms with Crippen LogP contribution in [-0.4, -0.2) is 23.9 Å². The van der Waals surface area contributed by atoms with Crippen LogP contribution in [0.4, 0.5) is 8.78 Å². The predicted molar refractivity (Wildman–Crippen MR) is 129 cm³/mol. The second-order valence-electron chi connectivity index (χ2n) is 7.67. The number of aryl methyl sites for hydroxylation is 1. The van der Waals surface area contributed by atoms with Gasteiger partial charge in [0.25, 0.3) is 15.9 Å². The molecule has 36 heavy (non-hydrogen) atoms. The van der Waals surface area contributed by atoms with E-state index in [2.05, 4.69) is 4.98 Å². The van der Waals surface area contributed by atoms with Crippen molar-refractivity contribution in [1.82, 2.24) is 19.8 Å². The first-order valence-corrected chi connectivity index (χ1v) is 12.3. The van der Waals surface area contributed by atoms with Crippen molar-refractivity contribution in [3.8, 4) is 17.0 Å². The van der Waals surface area contributed by atoms with Crippen molar-refractivity contribution in [3.05, 3.63) is 101 Å². The molecule has 0 unspecified atom stereocenters. The molecule has 0 aliphatic heterocycles. The third-order valence-corrected chi connectivity index (χ3v) is 6.55. The number of carbonyl (C=O) groups excluding carboxylic acids is 1. The zero-order valence-electron chi connectivity index (χ0n) is 18.7. The number of halogens is 3. The number of rotatable bonds is 8. The van der Waals surface area contributed by atoms with Crippen LogP contribution in [0.15, 0.2) is 78.1 Å². The van der Waals surface area contributed by atoms with Crippen LogP contribution in [0.25, 0.3) is 11.3 Å². The van der Waals surface area contributed by atoms with E-state index in [1.165, 1.54) is 24.5 Å². The van der Waals surface area contributed by atoms with Gasteiger partial charge in [-0.3, -0.25) is 10.2 Å². The minimum absolute atomic E-state index is 0.0906. The predicted octanol–water partition coefficient (Wildman–Crippen LogP) is 4.22. The molecule has 12 heteroatoms. The van der Waals surface area contributed by atoms with Gasteiger partial charge >= 0.3 is 0 Å². The average Bonchev–Trinajstić information content (AvgIpc) is 3.30. The van der Waals surface area contributed by atoms with E-state index in [-0.39, 0.29) is 17.4 Å². The number of carbonyl (C=O) groups is 1. The lowest BCUT2D eigenvalue weighted by Gasteiger charge is -2.12. The Labute approximate surface area is 210 Å². The number of nitrogens with one attached hydrogen (secondary N) is 2. The second kappa shape index (κ2) is 10.4. The number of hydrogen-bond donors (Lipinski definition) is 2. The van der Waals surface area contributed by atoms with E-state index in [9.17, 15) is 22.0 Å². The van der Waals surface area contributed by atoms with Gasteiger partial charge in [0.05, 0.1) is 22.6 Å². The number of sulfonamides is 1. The molecule has 2 N–H and O–H groups in total. The number of hydrogen-bond acceptors (Lipinski definition) is 5. The Morgan fingerprint density at radius 3 is 2.56 bits per heavy atom. The minimum Gasteiger partial charge on any atom is -0.489 e. The van der Waals surface area contributed by atoms with Gasteiger partial charge < -0.3 is 9.30 Å². The van der Waals surface area contributed by atoms with Crippen molar-refractivity contribution in [2.75, 3.05) is 0 Å². The first kappa shape index (κ1) is 25.3. The van der Waals surface area contributed by atoms with E-state index in [1.807, 2.05) is 35.8 Å². The minimum atomic E-state index is -4.59. The van der Waals surface area contributed by atoms with Crippen molar-refractivity contribution < 1.29 is 26.7 Å². The van der Waals surface area contributed by atoms with E-state index in [0.717, 1.165) is 17.7 Å². The maximum atomic E-state index is 14.6. The van der Waals surface area contributed by atoms with Crippen LogP contribution >= 0.6 is 11.6 Å². The summed E-state index contributed by atoms with van der Waals surface area (Å²) in [4.78, 5) is 17.7. The second-order valence-corrected chi connectivity index (χ2v) is 9.73. The number of nitrogens with zero attached hydrogens (tertiary/aromatic N) is 2. The molecule has 186 valence electrons. The molecule has 4 aromatic rings. The first-order valence-electron chi connectivity index (χ1n) is 10.4. The molecule has 0 spiro atoms. The molecule has 1 amide bonds. The molecule has 3 aromatic carbocycles. The first-order chi connectivity index (χ1) is 17.1. The van der Waals surface area contributed by atoms with E-state index in [4.69, 9.17) is 16.3 Å². The van der Waals surface area contributed by atoms with Crippen LogP contribution in [0.2, 0.25) is 5.02 Å². The molecular formula is C24H19ClF2N4O4S. The quantitative estimate of drug-likeness (QED) is 0.331. The summed E-state index contributed by atoms with van der Waals surface area (Å²) < 4.78 is 61.5. The number of benzene rings is 3. The molecular weight excluding hydrogens is 514 g/mol. The van der Waals surface area contributed by atoms with Crippen LogP contribution in [0, 0.1) is 11.6 Å². The van der Waals surface area contributed by atoms with Crippen molar-refractivity contribution in [3.63, 3.8) is 0 Å². The highest BCUT2D eigenvalue weighted by Crippen LogP contribution is 2.27. The molecule has 0 bridgehead atoms. The fourth-order valence-electron chi connectivity index (χ4n) is 3.22. The monoisotopic (exact) mass is 532 g/mol. The van der Waals surface area contributed by atoms with E-state index >= 15 is 0 Å². The van der Waals surface area contributed by atoms with Gasteiger partial charge in [-0.2, -0.15) is 0 Å². The molecule has 0 aliphatic rings. The smallest absolute Gasteiger partial charge is 0.269 e. The third kappa shape index (κ3) is 5.70. The number of ether oxygens (including phenoxy) is 1. The van der Waals surface area contributed by atoms with Gasteiger partial charge in [-0.25, -0.2) is 22.2 Å². The highest BCUT2D eigenvalue weighted by molar-refractivity contribution is 7.89. The Bertz CT molecular complexity index is 1530. The molecule has 0 saturated heterocycles. The molecule has 0 radical (unpaired) electrons. The van der Waals surface area contributed by atoms with Gasteiger partial charge in [0, 0.05) is 24.9 Å². The van der Waals surface area contributed by atoms with Gasteiger partial charge in [0.2, 0.25) is 0 Å². The van der Waals surface area contributed by atoms with Gasteiger partial charge in [-0.05, 0) is 29.8 Å². The van der Waals surface area contributed by atoms with Crippen molar-refractivity contribution in [2.45, 2.75) is 11.5 Å². The zero-order chi connectivity index (χ0) is 25.9. The largest absolute Gasteiger partial charge is 0.489 e. The van der Waals surface area contributed by atoms with Crippen LogP contribution in [0.3, 0.4) is 0 Å². The Morgan fingerprint density at radius 1 is 1.11 bits per heavy atom. The average molecular weight is 533 g/mol. The molecule has 4 rings (SSSR count). The summed E-state index contributed by atoms with van der Waals surface area (Å²) in [6.45, 7) is 0.128. The van der Waals surface area contributed by atoms with Crippen LogP contribution in [0.1, 0.15) is 15.9 Å². The van der Waals surface area contributed by atoms with Gasteiger partial charge in [0.15, 0.2) is 5.82 Å². The summed E-state index contributed by atoms with van der Waals surface area (Å²) in [6.07, 6.45) is 3.14. The normalized spacial score (nSPS) is 11.3. The zero-order valence-corrected chi connectivity index (χ0v) is 20.3. The SMILES string of the molecule is Cn1cnc(-c2cc(Cl)c(F)c(C(=O)NNS(=O)(=O)c3cc(OCc4ccccc4)ccc3F)c2)c1. The number of amides is 1. The summed E-state index contributed by atoms with van der Waals surface area (Å²) in [5.41, 5.74) is 2.93. The number of imidazole rings is 1. The lowest BCUT2D eigenvalue weighted by atomic mass is 10.1. The Hall–Kier alpha value is -3.80.